The zero-order valence-corrected chi connectivity index (χ0v) is 25.2. The highest BCUT2D eigenvalue weighted by Crippen LogP contribution is 2.57. The maximum Gasteiger partial charge on any atom is 0.340 e. The molecule has 0 radical (unpaired) electrons. The number of ether oxygens (including phenoxy) is 2. The number of esters is 2. The normalized spacial score (nSPS) is 19.6. The second-order valence-corrected chi connectivity index (χ2v) is 12.9. The molecule has 2 aromatic carbocycles. The largest absolute Gasteiger partial charge is 0.423 e. The van der Waals surface area contributed by atoms with Crippen molar-refractivity contribution in [2.45, 2.75) is 92.9 Å². The van der Waals surface area contributed by atoms with Gasteiger partial charge in [0.1, 0.15) is 11.5 Å². The highest BCUT2D eigenvalue weighted by atomic mass is 16.5. The van der Waals surface area contributed by atoms with Gasteiger partial charge in [-0.15, -0.1) is 0 Å². The summed E-state index contributed by atoms with van der Waals surface area (Å²) in [5, 5.41) is 0. The van der Waals surface area contributed by atoms with E-state index in [9.17, 15) is 9.59 Å². The fourth-order valence-electron chi connectivity index (χ4n) is 6.51. The van der Waals surface area contributed by atoms with Crippen LogP contribution in [-0.2, 0) is 9.59 Å². The summed E-state index contributed by atoms with van der Waals surface area (Å²) in [6, 6.07) is 11.8. The molecule has 2 aromatic rings. The van der Waals surface area contributed by atoms with E-state index in [4.69, 9.17) is 9.47 Å². The summed E-state index contributed by atoms with van der Waals surface area (Å²) in [6.45, 7) is 21.2. The van der Waals surface area contributed by atoms with E-state index in [1.54, 1.807) is 0 Å². The number of allylic oxidation sites excluding steroid dienone is 2. The molecule has 0 N–H and O–H groups in total. The molecule has 2 bridgehead atoms. The van der Waals surface area contributed by atoms with Crippen LogP contribution < -0.4 is 9.47 Å². The molecule has 39 heavy (non-hydrogen) atoms. The van der Waals surface area contributed by atoms with Crippen LogP contribution in [0.25, 0.3) is 0 Å². The second-order valence-electron chi connectivity index (χ2n) is 12.9. The van der Waals surface area contributed by atoms with Crippen molar-refractivity contribution >= 4 is 11.9 Å². The lowest BCUT2D eigenvalue weighted by Crippen LogP contribution is -2.24. The Bertz CT molecular complexity index is 1240. The van der Waals surface area contributed by atoms with Crippen molar-refractivity contribution in [2.75, 3.05) is 0 Å². The number of hydrogen-bond acceptors (Lipinski definition) is 4. The third-order valence-electron chi connectivity index (χ3n) is 8.45. The zero-order valence-electron chi connectivity index (χ0n) is 25.2. The Morgan fingerprint density at radius 2 is 0.974 bits per heavy atom. The summed E-state index contributed by atoms with van der Waals surface area (Å²) in [4.78, 5) is 27.8. The molecule has 4 rings (SSSR count). The van der Waals surface area contributed by atoms with Crippen molar-refractivity contribution in [1.82, 2.24) is 0 Å². The van der Waals surface area contributed by atoms with Crippen LogP contribution >= 0.6 is 0 Å². The summed E-state index contributed by atoms with van der Waals surface area (Å²) < 4.78 is 12.3. The van der Waals surface area contributed by atoms with Crippen LogP contribution in [0.2, 0.25) is 0 Å². The van der Waals surface area contributed by atoms with Gasteiger partial charge in [0, 0.05) is 23.0 Å². The first-order chi connectivity index (χ1) is 18.3. The molecule has 208 valence electrons. The molecule has 0 heterocycles. The Kier molecular flexibility index (Phi) is 7.98. The first-order valence-corrected chi connectivity index (χ1v) is 14.4. The van der Waals surface area contributed by atoms with Gasteiger partial charge in [0.2, 0.25) is 0 Å². The van der Waals surface area contributed by atoms with Gasteiger partial charge >= 0.3 is 11.9 Å². The summed E-state index contributed by atoms with van der Waals surface area (Å²) in [6.07, 6.45) is 4.09. The third kappa shape index (κ3) is 5.11. The average Bonchev–Trinajstić information content (AvgIpc) is 3.27. The molecule has 0 amide bonds. The van der Waals surface area contributed by atoms with Crippen LogP contribution in [0.15, 0.2) is 59.7 Å². The van der Waals surface area contributed by atoms with Gasteiger partial charge in [-0.2, -0.15) is 0 Å². The predicted molar refractivity (Wildman–Crippen MR) is 157 cm³/mol. The second kappa shape index (κ2) is 10.8. The van der Waals surface area contributed by atoms with E-state index >= 15 is 0 Å². The first-order valence-electron chi connectivity index (χ1n) is 14.4. The van der Waals surface area contributed by atoms with Crippen molar-refractivity contribution in [3.05, 3.63) is 82.0 Å². The standard InChI is InChI=1S/C35H44O4/c1-19(2)23-13-11-15-27(29(23)21(5)6)38-33(36)31-25-17-18-26(35(25,9)10)32(31)34(37)39-28-16-12-14-24(20(3)4)30(28)22(7)8/h11-22,25-26H,1-10H3. The smallest absolute Gasteiger partial charge is 0.340 e. The van der Waals surface area contributed by atoms with E-state index in [1.807, 2.05) is 36.4 Å². The van der Waals surface area contributed by atoms with E-state index in [2.05, 4.69) is 81.4 Å². The van der Waals surface area contributed by atoms with Crippen molar-refractivity contribution in [2.24, 2.45) is 17.3 Å². The van der Waals surface area contributed by atoms with Crippen LogP contribution in [0.4, 0.5) is 0 Å². The van der Waals surface area contributed by atoms with Crippen LogP contribution in [0.5, 0.6) is 11.5 Å². The number of hydrogen-bond donors (Lipinski definition) is 0. The van der Waals surface area contributed by atoms with Crippen molar-refractivity contribution in [1.29, 1.82) is 0 Å². The van der Waals surface area contributed by atoms with Crippen LogP contribution in [-0.4, -0.2) is 11.9 Å². The van der Waals surface area contributed by atoms with E-state index in [0.717, 1.165) is 11.1 Å². The van der Waals surface area contributed by atoms with Gasteiger partial charge in [-0.05, 0) is 52.3 Å². The van der Waals surface area contributed by atoms with Gasteiger partial charge in [-0.25, -0.2) is 9.59 Å². The molecule has 2 atom stereocenters. The molecule has 0 saturated heterocycles. The van der Waals surface area contributed by atoms with E-state index < -0.39 is 11.9 Å². The fraction of sp³-hybridized carbons (Fsp3) is 0.486. The topological polar surface area (TPSA) is 52.6 Å². The quantitative estimate of drug-likeness (QED) is 0.195. The minimum Gasteiger partial charge on any atom is -0.423 e. The Morgan fingerprint density at radius 3 is 1.28 bits per heavy atom. The van der Waals surface area contributed by atoms with E-state index in [-0.39, 0.29) is 29.1 Å². The number of carbonyl (C=O) groups excluding carboxylic acids is 2. The molecule has 4 heteroatoms. The minimum absolute atomic E-state index is 0.184. The monoisotopic (exact) mass is 528 g/mol. The van der Waals surface area contributed by atoms with Crippen molar-refractivity contribution < 1.29 is 19.1 Å². The van der Waals surface area contributed by atoms with E-state index in [0.29, 0.717) is 34.5 Å². The van der Waals surface area contributed by atoms with Gasteiger partial charge in [0.15, 0.2) is 0 Å². The molecule has 2 aliphatic carbocycles. The summed E-state index contributed by atoms with van der Waals surface area (Å²) in [5.74, 6) is 0.756. The lowest BCUT2D eigenvalue weighted by atomic mass is 9.77. The lowest BCUT2D eigenvalue weighted by Gasteiger charge is -2.26. The Hall–Kier alpha value is -3.14. The Labute approximate surface area is 234 Å². The SMILES string of the molecule is CC(C)c1cccc(OC(=O)C2=C(C(=O)Oc3cccc(C(C)C)c3C(C)C)C3C=CC2C3(C)C)c1C(C)C. The van der Waals surface area contributed by atoms with Crippen LogP contribution in [0, 0.1) is 17.3 Å². The zero-order chi connectivity index (χ0) is 28.8. The minimum atomic E-state index is -0.463. The van der Waals surface area contributed by atoms with Gasteiger partial charge in [0.05, 0.1) is 11.1 Å². The van der Waals surface area contributed by atoms with Gasteiger partial charge in [0.25, 0.3) is 0 Å². The van der Waals surface area contributed by atoms with Crippen molar-refractivity contribution in [3.63, 3.8) is 0 Å². The van der Waals surface area contributed by atoms with Gasteiger partial charge < -0.3 is 9.47 Å². The summed E-state index contributed by atoms with van der Waals surface area (Å²) in [5.41, 5.74) is 4.95. The van der Waals surface area contributed by atoms with Crippen LogP contribution in [0.1, 0.15) is 115 Å². The van der Waals surface area contributed by atoms with E-state index in [1.165, 1.54) is 11.1 Å². The third-order valence-corrected chi connectivity index (χ3v) is 8.45. The summed E-state index contributed by atoms with van der Waals surface area (Å²) in [7, 11) is 0. The molecule has 2 unspecified atom stereocenters. The molecule has 2 aliphatic rings. The number of benzene rings is 2. The maximum atomic E-state index is 13.9. The highest BCUT2D eigenvalue weighted by Gasteiger charge is 2.55. The molecule has 0 aliphatic heterocycles. The Balaban J connectivity index is 1.76. The summed E-state index contributed by atoms with van der Waals surface area (Å²) >= 11 is 0. The maximum absolute atomic E-state index is 13.9. The highest BCUT2D eigenvalue weighted by molar-refractivity contribution is 6.05. The molecule has 0 fully saturated rings. The molecular formula is C35H44O4. The fourth-order valence-corrected chi connectivity index (χ4v) is 6.51. The molecule has 0 spiro atoms. The van der Waals surface area contributed by atoms with Crippen LogP contribution in [0.3, 0.4) is 0 Å². The predicted octanol–water partition coefficient (Wildman–Crippen LogP) is 8.83. The average molecular weight is 529 g/mol. The van der Waals surface area contributed by atoms with Crippen molar-refractivity contribution in [3.8, 4) is 11.5 Å². The lowest BCUT2D eigenvalue weighted by molar-refractivity contribution is -0.133. The molecule has 4 nitrogen and oxygen atoms in total. The van der Waals surface area contributed by atoms with Gasteiger partial charge in [-0.1, -0.05) is 106 Å². The molecule has 0 aromatic heterocycles. The first kappa shape index (κ1) is 28.9. The van der Waals surface area contributed by atoms with Gasteiger partial charge in [-0.3, -0.25) is 0 Å². The number of rotatable bonds is 8. The Morgan fingerprint density at radius 1 is 0.615 bits per heavy atom. The molecular weight excluding hydrogens is 484 g/mol. The number of fused-ring (bicyclic) bond motifs is 2. The molecule has 0 saturated carbocycles. The number of carbonyl (C=O) groups is 2.